The van der Waals surface area contributed by atoms with E-state index < -0.39 is 23.0 Å². The van der Waals surface area contributed by atoms with Crippen molar-refractivity contribution >= 4 is 5.97 Å². The van der Waals surface area contributed by atoms with E-state index in [2.05, 4.69) is 18.8 Å². The summed E-state index contributed by atoms with van der Waals surface area (Å²) >= 11 is 0. The van der Waals surface area contributed by atoms with Crippen LogP contribution in [0.4, 0.5) is 8.78 Å². The van der Waals surface area contributed by atoms with Gasteiger partial charge in [-0.1, -0.05) is 39.3 Å². The topological polar surface area (TPSA) is 68.7 Å². The Labute approximate surface area is 234 Å². The Hall–Kier alpha value is -3.48. The van der Waals surface area contributed by atoms with Crippen molar-refractivity contribution in [3.8, 4) is 22.8 Å². The molecular weight excluding hydrogens is 512 g/mol. The predicted molar refractivity (Wildman–Crippen MR) is 150 cm³/mol. The van der Waals surface area contributed by atoms with Gasteiger partial charge in [0, 0.05) is 22.6 Å². The van der Waals surface area contributed by atoms with Crippen LogP contribution in [0.5, 0.6) is 11.6 Å². The van der Waals surface area contributed by atoms with Crippen LogP contribution < -0.4 is 9.47 Å². The summed E-state index contributed by atoms with van der Waals surface area (Å²) in [5.41, 5.74) is 2.48. The summed E-state index contributed by atoms with van der Waals surface area (Å²) < 4.78 is 42.0. The highest BCUT2D eigenvalue weighted by Gasteiger charge is 2.44. The Kier molecular flexibility index (Phi) is 7.60. The van der Waals surface area contributed by atoms with Gasteiger partial charge in [0.25, 0.3) is 0 Å². The Morgan fingerprint density at radius 1 is 1.10 bits per heavy atom. The van der Waals surface area contributed by atoms with Crippen molar-refractivity contribution in [2.24, 2.45) is 11.3 Å². The van der Waals surface area contributed by atoms with Gasteiger partial charge in [0.05, 0.1) is 19.7 Å². The summed E-state index contributed by atoms with van der Waals surface area (Å²) in [6.45, 7) is 6.41. The van der Waals surface area contributed by atoms with Crippen molar-refractivity contribution in [2.75, 3.05) is 7.11 Å². The Balaban J connectivity index is 1.48. The number of methoxy groups -OCH3 is 1. The van der Waals surface area contributed by atoms with Gasteiger partial charge >= 0.3 is 5.97 Å². The number of hydrogen-bond acceptors (Lipinski definition) is 4. The van der Waals surface area contributed by atoms with Gasteiger partial charge < -0.3 is 14.6 Å². The van der Waals surface area contributed by atoms with Crippen molar-refractivity contribution in [1.29, 1.82) is 0 Å². The molecule has 3 aromatic rings. The van der Waals surface area contributed by atoms with Crippen molar-refractivity contribution < 1.29 is 28.2 Å². The van der Waals surface area contributed by atoms with Crippen molar-refractivity contribution in [3.63, 3.8) is 0 Å². The third kappa shape index (κ3) is 5.56. The molecule has 5 nitrogen and oxygen atoms in total. The number of aliphatic carboxylic acids is 1. The highest BCUT2D eigenvalue weighted by atomic mass is 19.1. The molecule has 2 fully saturated rings. The molecule has 0 bridgehead atoms. The summed E-state index contributed by atoms with van der Waals surface area (Å²) in [4.78, 5) is 15.6. The van der Waals surface area contributed by atoms with Gasteiger partial charge in [-0.15, -0.1) is 0 Å². The second-order valence-corrected chi connectivity index (χ2v) is 12.2. The first-order valence-corrected chi connectivity index (χ1v) is 14.0. The molecule has 5 rings (SSSR count). The van der Waals surface area contributed by atoms with Crippen LogP contribution in [0.2, 0.25) is 0 Å². The second-order valence-electron chi connectivity index (χ2n) is 12.2. The predicted octanol–water partition coefficient (Wildman–Crippen LogP) is 8.05. The first-order valence-electron chi connectivity index (χ1n) is 14.0. The minimum atomic E-state index is -0.825. The fourth-order valence-corrected chi connectivity index (χ4v) is 6.53. The zero-order valence-electron chi connectivity index (χ0n) is 23.6. The quantitative estimate of drug-likeness (QED) is 0.277. The summed E-state index contributed by atoms with van der Waals surface area (Å²) in [6, 6.07) is 12.3. The monoisotopic (exact) mass is 549 g/mol. The first kappa shape index (κ1) is 28.1. The maximum atomic E-state index is 15.6. The molecule has 2 saturated carbocycles. The number of carboxylic acids is 1. The molecule has 2 atom stereocenters. The van der Waals surface area contributed by atoms with Crippen LogP contribution in [-0.2, 0) is 16.8 Å². The molecular formula is C33H37F2NO4. The maximum absolute atomic E-state index is 15.6. The Bertz CT molecular complexity index is 1420. The molecule has 0 spiro atoms. The minimum Gasteiger partial charge on any atom is -0.489 e. The van der Waals surface area contributed by atoms with E-state index in [9.17, 15) is 9.90 Å². The molecule has 40 heavy (non-hydrogen) atoms. The zero-order chi connectivity index (χ0) is 28.7. The van der Waals surface area contributed by atoms with Crippen LogP contribution in [0.25, 0.3) is 11.1 Å². The number of halogens is 2. The molecule has 1 N–H and O–H groups in total. The number of ether oxygens (including phenoxy) is 2. The average Bonchev–Trinajstić information content (AvgIpc) is 3.71. The summed E-state index contributed by atoms with van der Waals surface area (Å²) in [6.07, 6.45) is 6.19. The largest absolute Gasteiger partial charge is 0.489 e. The van der Waals surface area contributed by atoms with E-state index in [1.54, 1.807) is 0 Å². The van der Waals surface area contributed by atoms with Gasteiger partial charge in [0.15, 0.2) is 0 Å². The molecule has 0 saturated heterocycles. The number of carboxylic acid groups (broad SMARTS) is 1. The number of hydrogen-bond donors (Lipinski definition) is 1. The normalized spacial score (nSPS) is 19.7. The maximum Gasteiger partial charge on any atom is 0.304 e. The molecule has 2 aliphatic rings. The van der Waals surface area contributed by atoms with Crippen LogP contribution in [0.3, 0.4) is 0 Å². The zero-order valence-corrected chi connectivity index (χ0v) is 23.6. The van der Waals surface area contributed by atoms with Crippen molar-refractivity contribution in [1.82, 2.24) is 4.98 Å². The molecule has 0 amide bonds. The van der Waals surface area contributed by atoms with E-state index in [0.29, 0.717) is 22.8 Å². The van der Waals surface area contributed by atoms with Crippen LogP contribution >= 0.6 is 0 Å². The molecule has 1 heterocycles. The van der Waals surface area contributed by atoms with E-state index in [-0.39, 0.29) is 35.8 Å². The van der Waals surface area contributed by atoms with Gasteiger partial charge in [-0.25, -0.2) is 13.8 Å². The fourth-order valence-electron chi connectivity index (χ4n) is 6.53. The SMILES string of the molecule is COc1cc(-c2cc(F)c(COc3cccc([C@@](C)(CC(=O)O)C4CC4)c3)cc2[C@@H]2CCCC2(C)C)c(F)cn1. The summed E-state index contributed by atoms with van der Waals surface area (Å²) in [5.74, 6) is -0.554. The number of carbonyl (C=O) groups is 1. The minimum absolute atomic E-state index is 0.00304. The Morgan fingerprint density at radius 3 is 2.52 bits per heavy atom. The van der Waals surface area contributed by atoms with E-state index in [4.69, 9.17) is 9.47 Å². The molecule has 0 aliphatic heterocycles. The van der Waals surface area contributed by atoms with Crippen LogP contribution in [0, 0.1) is 23.0 Å². The average molecular weight is 550 g/mol. The fraction of sp³-hybridized carbons (Fsp3) is 0.455. The van der Waals surface area contributed by atoms with E-state index in [1.807, 2.05) is 37.3 Å². The van der Waals surface area contributed by atoms with Crippen molar-refractivity contribution in [3.05, 3.63) is 77.0 Å². The van der Waals surface area contributed by atoms with Gasteiger partial charge in [0.1, 0.15) is 24.0 Å². The lowest BCUT2D eigenvalue weighted by Gasteiger charge is -2.30. The van der Waals surface area contributed by atoms with E-state index in [0.717, 1.165) is 49.4 Å². The molecule has 0 unspecified atom stereocenters. The van der Waals surface area contributed by atoms with E-state index >= 15 is 8.78 Å². The lowest BCUT2D eigenvalue weighted by atomic mass is 9.75. The number of pyridine rings is 1. The second kappa shape index (κ2) is 10.8. The standard InChI is InChI=1S/C33H37F2NO4/c1-32(2)12-6-9-27(32)25-13-20(28(34)15-24(25)26-16-30(39-4)36-18-29(26)35)19-40-23-8-5-7-22(14-23)33(3,17-31(37)38)21-10-11-21/h5,7-8,13-16,18,21,27H,6,9-12,17,19H2,1-4H3,(H,37,38)/t27-,33-/m0/s1. The molecule has 2 aromatic carbocycles. The lowest BCUT2D eigenvalue weighted by Crippen LogP contribution is -2.28. The number of nitrogens with zero attached hydrogens (tertiary/aromatic N) is 1. The van der Waals surface area contributed by atoms with Crippen molar-refractivity contribution in [2.45, 2.75) is 77.2 Å². The Morgan fingerprint density at radius 2 is 1.88 bits per heavy atom. The molecule has 0 radical (unpaired) electrons. The van der Waals surface area contributed by atoms with Crippen LogP contribution in [0.1, 0.15) is 81.9 Å². The van der Waals surface area contributed by atoms with Gasteiger partial charge in [-0.3, -0.25) is 4.79 Å². The van der Waals surface area contributed by atoms with Gasteiger partial charge in [-0.2, -0.15) is 0 Å². The van der Waals surface area contributed by atoms with Gasteiger partial charge in [0.2, 0.25) is 5.88 Å². The molecule has 2 aliphatic carbocycles. The van der Waals surface area contributed by atoms with Crippen LogP contribution in [0.15, 0.2) is 48.7 Å². The number of benzene rings is 2. The molecule has 7 heteroatoms. The van der Waals surface area contributed by atoms with Gasteiger partial charge in [-0.05, 0) is 83.9 Å². The number of rotatable bonds is 10. The molecule has 212 valence electrons. The summed E-state index contributed by atoms with van der Waals surface area (Å²) in [5, 5.41) is 9.54. The highest BCUT2D eigenvalue weighted by molar-refractivity contribution is 5.71. The summed E-state index contributed by atoms with van der Waals surface area (Å²) in [7, 11) is 1.47. The first-order chi connectivity index (χ1) is 19.0. The smallest absolute Gasteiger partial charge is 0.304 e. The lowest BCUT2D eigenvalue weighted by molar-refractivity contribution is -0.138. The van der Waals surface area contributed by atoms with E-state index in [1.165, 1.54) is 19.2 Å². The third-order valence-corrected chi connectivity index (χ3v) is 9.07. The van der Waals surface area contributed by atoms with Crippen LogP contribution in [-0.4, -0.2) is 23.2 Å². The molecule has 1 aromatic heterocycles. The number of aromatic nitrogens is 1. The highest BCUT2D eigenvalue weighted by Crippen LogP contribution is 2.52. The third-order valence-electron chi connectivity index (χ3n) is 9.07.